The summed E-state index contributed by atoms with van der Waals surface area (Å²) in [5, 5.41) is 2.35. The zero-order valence-corrected chi connectivity index (χ0v) is 17.2. The summed E-state index contributed by atoms with van der Waals surface area (Å²) >= 11 is 6.06. The normalized spacial score (nSPS) is 11.6. The molecule has 0 radical (unpaired) electrons. The van der Waals surface area contributed by atoms with Crippen LogP contribution in [0.4, 0.5) is 0 Å². The van der Waals surface area contributed by atoms with Gasteiger partial charge in [0.1, 0.15) is 10.9 Å². The molecule has 3 rings (SSSR count). The molecule has 2 aromatic carbocycles. The van der Waals surface area contributed by atoms with Crippen LogP contribution in [-0.2, 0) is 14.3 Å². The number of hydrogen-bond donors (Lipinski definition) is 0. The fraction of sp³-hybridized carbons (Fsp3) is 0.286. The van der Waals surface area contributed by atoms with Crippen molar-refractivity contribution in [1.29, 1.82) is 0 Å². The Kier molecular flexibility index (Phi) is 6.88. The van der Waals surface area contributed by atoms with Crippen LogP contribution in [0.2, 0.25) is 5.15 Å². The highest BCUT2D eigenvalue weighted by molar-refractivity contribution is 7.86. The van der Waals surface area contributed by atoms with Crippen LogP contribution >= 0.6 is 11.6 Å². The molecule has 0 amide bonds. The summed E-state index contributed by atoms with van der Waals surface area (Å²) in [5.41, 5.74) is 1.00. The van der Waals surface area contributed by atoms with Gasteiger partial charge in [0.2, 0.25) is 0 Å². The molecule has 0 saturated heterocycles. The van der Waals surface area contributed by atoms with Crippen LogP contribution < -0.4 is 4.74 Å². The second-order valence-corrected chi connectivity index (χ2v) is 8.46. The highest BCUT2D eigenvalue weighted by atomic mass is 35.5. The molecular weight excluding hydrogens is 398 g/mol. The van der Waals surface area contributed by atoms with Gasteiger partial charge in [0.15, 0.2) is 0 Å². The monoisotopic (exact) mass is 419 g/mol. The molecule has 7 heteroatoms. The number of aromatic nitrogens is 1. The van der Waals surface area contributed by atoms with E-state index in [1.807, 2.05) is 31.2 Å². The van der Waals surface area contributed by atoms with E-state index >= 15 is 0 Å². The minimum Gasteiger partial charge on any atom is -0.494 e. The average Bonchev–Trinajstić information content (AvgIpc) is 2.67. The highest BCUT2D eigenvalue weighted by Crippen LogP contribution is 2.25. The second-order valence-electron chi connectivity index (χ2n) is 6.48. The highest BCUT2D eigenvalue weighted by Gasteiger charge is 2.14. The number of nitrogens with zero attached hydrogens (tertiary/aromatic N) is 1. The number of unbranched alkanes of at least 4 members (excludes halogenated alkanes) is 2. The van der Waals surface area contributed by atoms with Crippen LogP contribution in [-0.4, -0.2) is 26.6 Å². The maximum absolute atomic E-state index is 12.1. The molecule has 0 aliphatic carbocycles. The van der Waals surface area contributed by atoms with E-state index in [0.29, 0.717) is 18.2 Å². The van der Waals surface area contributed by atoms with Gasteiger partial charge in [-0.1, -0.05) is 29.3 Å². The number of halogens is 1. The molecule has 0 aliphatic heterocycles. The van der Waals surface area contributed by atoms with Gasteiger partial charge in [-0.05, 0) is 68.0 Å². The maximum Gasteiger partial charge on any atom is 0.296 e. The lowest BCUT2D eigenvalue weighted by molar-refractivity contribution is 0.281. The quantitative estimate of drug-likeness (QED) is 0.272. The number of ether oxygens (including phenoxy) is 1. The van der Waals surface area contributed by atoms with E-state index in [1.54, 1.807) is 30.5 Å². The third-order valence-electron chi connectivity index (χ3n) is 4.29. The molecule has 1 aromatic heterocycles. The Labute approximate surface area is 170 Å². The van der Waals surface area contributed by atoms with Gasteiger partial charge >= 0.3 is 0 Å². The molecule has 0 N–H and O–H groups in total. The molecule has 148 valence electrons. The Morgan fingerprint density at radius 2 is 1.71 bits per heavy atom. The van der Waals surface area contributed by atoms with Gasteiger partial charge in [-0.15, -0.1) is 0 Å². The first kappa shape index (κ1) is 20.6. The predicted octanol–water partition coefficient (Wildman–Crippen LogP) is 5.15. The summed E-state index contributed by atoms with van der Waals surface area (Å²) in [6.45, 7) is 2.62. The molecule has 0 fully saturated rings. The minimum absolute atomic E-state index is 0.164. The minimum atomic E-state index is -3.68. The fourth-order valence-corrected chi connectivity index (χ4v) is 3.89. The van der Waals surface area contributed by atoms with Crippen molar-refractivity contribution in [3.63, 3.8) is 0 Å². The SMILES string of the molecule is Cc1ccc(S(=O)(=O)OCCCCCOc2ccc3c(Cl)nccc3c2)cc1. The van der Waals surface area contributed by atoms with Gasteiger partial charge in [-0.2, -0.15) is 8.42 Å². The summed E-state index contributed by atoms with van der Waals surface area (Å²) < 4.78 is 35.0. The Morgan fingerprint density at radius 3 is 2.50 bits per heavy atom. The first-order chi connectivity index (χ1) is 13.5. The largest absolute Gasteiger partial charge is 0.494 e. The van der Waals surface area contributed by atoms with Crippen LogP contribution in [0.15, 0.2) is 59.6 Å². The van der Waals surface area contributed by atoms with Gasteiger partial charge in [0.05, 0.1) is 18.1 Å². The zero-order chi connectivity index (χ0) is 20.0. The van der Waals surface area contributed by atoms with Crippen molar-refractivity contribution in [1.82, 2.24) is 4.98 Å². The fourth-order valence-electron chi connectivity index (χ4n) is 2.72. The van der Waals surface area contributed by atoms with Crippen LogP contribution in [0.25, 0.3) is 10.8 Å². The molecule has 0 saturated carbocycles. The summed E-state index contributed by atoms with van der Waals surface area (Å²) in [6.07, 6.45) is 3.93. The van der Waals surface area contributed by atoms with Crippen molar-refractivity contribution in [3.05, 3.63) is 65.4 Å². The van der Waals surface area contributed by atoms with Crippen molar-refractivity contribution in [2.24, 2.45) is 0 Å². The lowest BCUT2D eigenvalue weighted by atomic mass is 10.2. The van der Waals surface area contributed by atoms with Crippen LogP contribution in [0, 0.1) is 6.92 Å². The third kappa shape index (κ3) is 5.44. The van der Waals surface area contributed by atoms with E-state index in [2.05, 4.69) is 4.98 Å². The summed E-state index contributed by atoms with van der Waals surface area (Å²) in [4.78, 5) is 4.24. The lowest BCUT2D eigenvalue weighted by Gasteiger charge is -2.08. The van der Waals surface area contributed by atoms with Crippen LogP contribution in [0.3, 0.4) is 0 Å². The molecule has 0 bridgehead atoms. The molecular formula is C21H22ClNO4S. The third-order valence-corrected chi connectivity index (χ3v) is 5.92. The molecule has 0 aliphatic rings. The Bertz CT molecular complexity index is 1040. The summed E-state index contributed by atoms with van der Waals surface area (Å²) in [7, 11) is -3.68. The maximum atomic E-state index is 12.1. The van der Waals surface area contributed by atoms with Crippen molar-refractivity contribution in [2.75, 3.05) is 13.2 Å². The second kappa shape index (κ2) is 9.37. The van der Waals surface area contributed by atoms with Gasteiger partial charge in [0.25, 0.3) is 10.1 Å². The molecule has 0 atom stereocenters. The van der Waals surface area contributed by atoms with E-state index in [4.69, 9.17) is 20.5 Å². The lowest BCUT2D eigenvalue weighted by Crippen LogP contribution is -2.08. The first-order valence-electron chi connectivity index (χ1n) is 9.09. The number of benzene rings is 2. The van der Waals surface area contributed by atoms with Crippen molar-refractivity contribution < 1.29 is 17.3 Å². The molecule has 5 nitrogen and oxygen atoms in total. The molecule has 1 heterocycles. The topological polar surface area (TPSA) is 65.5 Å². The van der Waals surface area contributed by atoms with Gasteiger partial charge in [-0.3, -0.25) is 4.18 Å². The van der Waals surface area contributed by atoms with Crippen molar-refractivity contribution in [3.8, 4) is 5.75 Å². The number of aryl methyl sites for hydroxylation is 1. The van der Waals surface area contributed by atoms with E-state index in [0.717, 1.165) is 34.9 Å². The smallest absolute Gasteiger partial charge is 0.296 e. The Morgan fingerprint density at radius 1 is 0.964 bits per heavy atom. The number of fused-ring (bicyclic) bond motifs is 1. The van der Waals surface area contributed by atoms with Crippen molar-refractivity contribution >= 4 is 32.5 Å². The van der Waals surface area contributed by atoms with E-state index < -0.39 is 10.1 Å². The van der Waals surface area contributed by atoms with E-state index in [1.165, 1.54) is 0 Å². The van der Waals surface area contributed by atoms with Crippen LogP contribution in [0.1, 0.15) is 24.8 Å². The number of rotatable bonds is 9. The molecule has 3 aromatic rings. The molecule has 0 unspecified atom stereocenters. The zero-order valence-electron chi connectivity index (χ0n) is 15.6. The molecule has 0 spiro atoms. The summed E-state index contributed by atoms with van der Waals surface area (Å²) in [5.74, 6) is 0.771. The first-order valence-corrected chi connectivity index (χ1v) is 10.9. The Balaban J connectivity index is 1.38. The van der Waals surface area contributed by atoms with E-state index in [9.17, 15) is 8.42 Å². The Hall–Kier alpha value is -2.15. The van der Waals surface area contributed by atoms with E-state index in [-0.39, 0.29) is 11.5 Å². The summed E-state index contributed by atoms with van der Waals surface area (Å²) in [6, 6.07) is 14.2. The van der Waals surface area contributed by atoms with Crippen LogP contribution in [0.5, 0.6) is 5.75 Å². The van der Waals surface area contributed by atoms with Gasteiger partial charge in [-0.25, -0.2) is 4.98 Å². The van der Waals surface area contributed by atoms with Gasteiger partial charge < -0.3 is 4.74 Å². The average molecular weight is 420 g/mol. The van der Waals surface area contributed by atoms with Crippen molar-refractivity contribution in [2.45, 2.75) is 31.1 Å². The molecule has 28 heavy (non-hydrogen) atoms. The standard InChI is InChI=1S/C21H22ClNO4S/c1-16-5-8-19(9-6-16)28(24,25)27-14-4-2-3-13-26-18-7-10-20-17(15-18)11-12-23-21(20)22/h5-12,15H,2-4,13-14H2,1H3. The predicted molar refractivity (Wildman–Crippen MR) is 110 cm³/mol. The number of pyridine rings is 1. The van der Waals surface area contributed by atoms with Gasteiger partial charge in [0, 0.05) is 11.6 Å². The number of hydrogen-bond acceptors (Lipinski definition) is 5.